The number of rotatable bonds is 5. The molecule has 2 rings (SSSR count). The molecule has 0 saturated carbocycles. The molecule has 1 aliphatic rings. The lowest BCUT2D eigenvalue weighted by Crippen LogP contribution is -2.39. The first-order chi connectivity index (χ1) is 9.54. The Hall–Kier alpha value is -1.39. The van der Waals surface area contributed by atoms with Gasteiger partial charge in [-0.1, -0.05) is 19.0 Å². The molecule has 0 spiro atoms. The van der Waals surface area contributed by atoms with Crippen molar-refractivity contribution in [1.82, 2.24) is 15.0 Å². The Bertz CT molecular complexity index is 434. The maximum atomic E-state index is 12.0. The van der Waals surface area contributed by atoms with Gasteiger partial charge in [0.15, 0.2) is 5.82 Å². The minimum atomic E-state index is 0.312. The van der Waals surface area contributed by atoms with Crippen LogP contribution in [0.5, 0.6) is 0 Å². The topological polar surface area (TPSA) is 59.2 Å². The van der Waals surface area contributed by atoms with Crippen LogP contribution in [0.15, 0.2) is 4.52 Å². The lowest BCUT2D eigenvalue weighted by molar-refractivity contribution is -0.133. The van der Waals surface area contributed by atoms with Crippen LogP contribution in [-0.2, 0) is 11.2 Å². The zero-order valence-corrected chi connectivity index (χ0v) is 12.8. The predicted molar refractivity (Wildman–Crippen MR) is 76.1 cm³/mol. The van der Waals surface area contributed by atoms with E-state index in [1.54, 1.807) is 0 Å². The van der Waals surface area contributed by atoms with Crippen molar-refractivity contribution in [3.05, 3.63) is 11.7 Å². The quantitative estimate of drug-likeness (QED) is 0.831. The molecule has 1 aliphatic heterocycles. The van der Waals surface area contributed by atoms with Crippen molar-refractivity contribution in [2.24, 2.45) is 11.8 Å². The van der Waals surface area contributed by atoms with E-state index in [4.69, 9.17) is 4.52 Å². The maximum absolute atomic E-state index is 12.0. The molecule has 0 unspecified atom stereocenters. The fourth-order valence-electron chi connectivity index (χ4n) is 2.73. The summed E-state index contributed by atoms with van der Waals surface area (Å²) in [5, 5.41) is 3.93. The second-order valence-corrected chi connectivity index (χ2v) is 6.19. The highest BCUT2D eigenvalue weighted by Crippen LogP contribution is 2.22. The van der Waals surface area contributed by atoms with Gasteiger partial charge in [-0.05, 0) is 31.1 Å². The summed E-state index contributed by atoms with van der Waals surface area (Å²) in [6.07, 6.45) is 4.83. The van der Waals surface area contributed by atoms with E-state index in [0.717, 1.165) is 44.6 Å². The molecule has 0 atom stereocenters. The standard InChI is InChI=1S/C15H25N3O2/c1-11(2)10-15(19)18-8-6-13(7-9-18)4-5-14-16-12(3)20-17-14/h11,13H,4-10H2,1-3H3. The normalized spacial score (nSPS) is 16.9. The lowest BCUT2D eigenvalue weighted by atomic mass is 9.91. The highest BCUT2D eigenvalue weighted by Gasteiger charge is 2.23. The number of hydrogen-bond donors (Lipinski definition) is 0. The zero-order valence-electron chi connectivity index (χ0n) is 12.8. The molecule has 1 fully saturated rings. The van der Waals surface area contributed by atoms with Crippen molar-refractivity contribution < 1.29 is 9.32 Å². The van der Waals surface area contributed by atoms with Gasteiger partial charge >= 0.3 is 0 Å². The third-order valence-electron chi connectivity index (χ3n) is 3.90. The summed E-state index contributed by atoms with van der Waals surface area (Å²) in [7, 11) is 0. The van der Waals surface area contributed by atoms with Gasteiger partial charge in [0.1, 0.15) is 0 Å². The van der Waals surface area contributed by atoms with Gasteiger partial charge in [0.25, 0.3) is 0 Å². The van der Waals surface area contributed by atoms with Crippen LogP contribution >= 0.6 is 0 Å². The average molecular weight is 279 g/mol. The van der Waals surface area contributed by atoms with Gasteiger partial charge in [0.2, 0.25) is 11.8 Å². The monoisotopic (exact) mass is 279 g/mol. The molecular weight excluding hydrogens is 254 g/mol. The maximum Gasteiger partial charge on any atom is 0.223 e. The molecule has 5 nitrogen and oxygen atoms in total. The fourth-order valence-corrected chi connectivity index (χ4v) is 2.73. The summed E-state index contributed by atoms with van der Waals surface area (Å²) in [6.45, 7) is 7.81. The summed E-state index contributed by atoms with van der Waals surface area (Å²) in [6, 6.07) is 0. The number of piperidine rings is 1. The van der Waals surface area contributed by atoms with Crippen molar-refractivity contribution in [2.45, 2.75) is 52.9 Å². The van der Waals surface area contributed by atoms with Gasteiger partial charge in [-0.2, -0.15) is 4.98 Å². The Labute approximate surface area is 120 Å². The molecule has 1 aromatic rings. The number of aryl methyl sites for hydroxylation is 2. The van der Waals surface area contributed by atoms with E-state index in [2.05, 4.69) is 24.0 Å². The second-order valence-electron chi connectivity index (χ2n) is 6.19. The van der Waals surface area contributed by atoms with Gasteiger partial charge in [-0.3, -0.25) is 4.79 Å². The SMILES string of the molecule is Cc1nc(CCC2CCN(C(=O)CC(C)C)CC2)no1. The van der Waals surface area contributed by atoms with E-state index in [1.807, 2.05) is 11.8 Å². The first-order valence-corrected chi connectivity index (χ1v) is 7.61. The van der Waals surface area contributed by atoms with E-state index in [9.17, 15) is 4.79 Å². The van der Waals surface area contributed by atoms with E-state index in [0.29, 0.717) is 30.1 Å². The Kier molecular flexibility index (Phi) is 5.15. The Morgan fingerprint density at radius 3 is 2.65 bits per heavy atom. The second kappa shape index (κ2) is 6.86. The van der Waals surface area contributed by atoms with E-state index in [1.165, 1.54) is 0 Å². The Balaban J connectivity index is 1.70. The number of hydrogen-bond acceptors (Lipinski definition) is 4. The molecule has 1 amide bonds. The molecule has 0 aliphatic carbocycles. The van der Waals surface area contributed by atoms with Gasteiger partial charge in [-0.25, -0.2) is 0 Å². The molecule has 1 saturated heterocycles. The molecule has 112 valence electrons. The van der Waals surface area contributed by atoms with Crippen molar-refractivity contribution in [3.63, 3.8) is 0 Å². The van der Waals surface area contributed by atoms with Crippen LogP contribution in [0.2, 0.25) is 0 Å². The average Bonchev–Trinajstić information content (AvgIpc) is 2.82. The number of nitrogens with zero attached hydrogens (tertiary/aromatic N) is 3. The van der Waals surface area contributed by atoms with Crippen molar-refractivity contribution >= 4 is 5.91 Å². The first kappa shape index (κ1) is 15.0. The highest BCUT2D eigenvalue weighted by molar-refractivity contribution is 5.76. The third-order valence-corrected chi connectivity index (χ3v) is 3.90. The van der Waals surface area contributed by atoms with E-state index in [-0.39, 0.29) is 0 Å². The van der Waals surface area contributed by atoms with Crippen LogP contribution in [0.4, 0.5) is 0 Å². The molecule has 0 N–H and O–H groups in total. The van der Waals surface area contributed by atoms with Gasteiger partial charge in [0.05, 0.1) is 0 Å². The summed E-state index contributed by atoms with van der Waals surface area (Å²) >= 11 is 0. The number of carbonyl (C=O) groups excluding carboxylic acids is 1. The molecule has 5 heteroatoms. The number of aromatic nitrogens is 2. The lowest BCUT2D eigenvalue weighted by Gasteiger charge is -2.32. The number of likely N-dealkylation sites (tertiary alicyclic amines) is 1. The van der Waals surface area contributed by atoms with Crippen LogP contribution < -0.4 is 0 Å². The molecule has 2 heterocycles. The fraction of sp³-hybridized carbons (Fsp3) is 0.800. The van der Waals surface area contributed by atoms with Crippen LogP contribution in [0.1, 0.15) is 51.2 Å². The molecule has 1 aromatic heterocycles. The summed E-state index contributed by atoms with van der Waals surface area (Å²) in [5.74, 6) is 2.88. The third kappa shape index (κ3) is 4.32. The van der Waals surface area contributed by atoms with E-state index < -0.39 is 0 Å². The number of amides is 1. The van der Waals surface area contributed by atoms with Gasteiger partial charge < -0.3 is 9.42 Å². The van der Waals surface area contributed by atoms with Crippen molar-refractivity contribution in [1.29, 1.82) is 0 Å². The van der Waals surface area contributed by atoms with Crippen molar-refractivity contribution in [3.8, 4) is 0 Å². The summed E-state index contributed by atoms with van der Waals surface area (Å²) in [4.78, 5) is 18.2. The van der Waals surface area contributed by atoms with Crippen LogP contribution in [0, 0.1) is 18.8 Å². The van der Waals surface area contributed by atoms with E-state index >= 15 is 0 Å². The first-order valence-electron chi connectivity index (χ1n) is 7.61. The van der Waals surface area contributed by atoms with Gasteiger partial charge in [-0.15, -0.1) is 0 Å². The summed E-state index contributed by atoms with van der Waals surface area (Å²) in [5.41, 5.74) is 0. The zero-order chi connectivity index (χ0) is 14.5. The van der Waals surface area contributed by atoms with Gasteiger partial charge in [0, 0.05) is 32.9 Å². The molecular formula is C15H25N3O2. The molecule has 0 aromatic carbocycles. The van der Waals surface area contributed by atoms with Crippen molar-refractivity contribution in [2.75, 3.05) is 13.1 Å². The molecule has 0 bridgehead atoms. The molecule has 20 heavy (non-hydrogen) atoms. The Morgan fingerprint density at radius 1 is 1.40 bits per heavy atom. The Morgan fingerprint density at radius 2 is 2.10 bits per heavy atom. The summed E-state index contributed by atoms with van der Waals surface area (Å²) < 4.78 is 4.98. The van der Waals surface area contributed by atoms with Crippen LogP contribution in [0.25, 0.3) is 0 Å². The smallest absolute Gasteiger partial charge is 0.223 e. The minimum absolute atomic E-state index is 0.312. The highest BCUT2D eigenvalue weighted by atomic mass is 16.5. The predicted octanol–water partition coefficient (Wildman–Crippen LogP) is 2.60. The van der Waals surface area contributed by atoms with Crippen LogP contribution in [0.3, 0.4) is 0 Å². The molecule has 0 radical (unpaired) electrons. The van der Waals surface area contributed by atoms with Crippen LogP contribution in [-0.4, -0.2) is 34.0 Å². The minimum Gasteiger partial charge on any atom is -0.343 e. The largest absolute Gasteiger partial charge is 0.343 e. The number of carbonyl (C=O) groups is 1.